The molecule has 0 aromatic heterocycles. The number of rotatable bonds is 5. The molecule has 20 heavy (non-hydrogen) atoms. The van der Waals surface area contributed by atoms with Crippen LogP contribution < -0.4 is 5.32 Å². The Balaban J connectivity index is 2.02. The van der Waals surface area contributed by atoms with Gasteiger partial charge in [0.2, 0.25) is 0 Å². The molecule has 112 valence electrons. The number of benzene rings is 1. The van der Waals surface area contributed by atoms with Crippen LogP contribution in [-0.2, 0) is 6.42 Å². The van der Waals surface area contributed by atoms with Gasteiger partial charge in [0.1, 0.15) is 0 Å². The third kappa shape index (κ3) is 3.78. The molecule has 0 aliphatic heterocycles. The van der Waals surface area contributed by atoms with Crippen molar-refractivity contribution >= 4 is 0 Å². The van der Waals surface area contributed by atoms with Gasteiger partial charge in [-0.15, -0.1) is 0 Å². The molecule has 3 unspecified atom stereocenters. The van der Waals surface area contributed by atoms with E-state index in [-0.39, 0.29) is 0 Å². The molecule has 1 aliphatic rings. The Morgan fingerprint density at radius 3 is 2.70 bits per heavy atom. The van der Waals surface area contributed by atoms with E-state index in [2.05, 4.69) is 12.2 Å². The summed E-state index contributed by atoms with van der Waals surface area (Å²) in [6.07, 6.45) is 7.15. The molecule has 1 fully saturated rings. The number of halogens is 2. The average Bonchev–Trinajstić information content (AvgIpc) is 2.48. The second-order valence-corrected chi connectivity index (χ2v) is 6.05. The Morgan fingerprint density at radius 1 is 1.25 bits per heavy atom. The fourth-order valence-corrected chi connectivity index (χ4v) is 3.49. The van der Waals surface area contributed by atoms with Crippen molar-refractivity contribution in [3.05, 3.63) is 35.4 Å². The van der Waals surface area contributed by atoms with E-state index in [9.17, 15) is 8.78 Å². The topological polar surface area (TPSA) is 12.0 Å². The summed E-state index contributed by atoms with van der Waals surface area (Å²) in [5.74, 6) is -0.0349. The lowest BCUT2D eigenvalue weighted by molar-refractivity contribution is 0.212. The molecule has 0 radical (unpaired) electrons. The van der Waals surface area contributed by atoms with E-state index in [1.54, 1.807) is 6.07 Å². The number of nitrogens with one attached hydrogen (secondary N) is 1. The molecule has 1 aliphatic carbocycles. The molecule has 3 heteroatoms. The Kier molecular flexibility index (Phi) is 5.53. The molecule has 1 nitrogen and oxygen atoms in total. The zero-order chi connectivity index (χ0) is 14.5. The van der Waals surface area contributed by atoms with E-state index in [1.807, 2.05) is 7.05 Å². The fraction of sp³-hybridized carbons (Fsp3) is 0.647. The van der Waals surface area contributed by atoms with Gasteiger partial charge < -0.3 is 5.32 Å². The molecule has 1 aromatic carbocycles. The highest BCUT2D eigenvalue weighted by atomic mass is 19.2. The quantitative estimate of drug-likeness (QED) is 0.848. The highest BCUT2D eigenvalue weighted by Crippen LogP contribution is 2.33. The van der Waals surface area contributed by atoms with E-state index in [0.717, 1.165) is 17.9 Å². The molecule has 0 heterocycles. The molecule has 2 rings (SSSR count). The number of hydrogen-bond donors (Lipinski definition) is 1. The molecule has 0 saturated heterocycles. The van der Waals surface area contributed by atoms with Crippen molar-refractivity contribution in [2.45, 2.75) is 51.5 Å². The summed E-state index contributed by atoms with van der Waals surface area (Å²) in [5, 5.41) is 3.38. The summed E-state index contributed by atoms with van der Waals surface area (Å²) in [6, 6.07) is 4.62. The Bertz CT molecular complexity index is 433. The Morgan fingerprint density at radius 2 is 2.05 bits per heavy atom. The maximum atomic E-state index is 13.3. The van der Waals surface area contributed by atoms with Crippen LogP contribution in [0.3, 0.4) is 0 Å². The SMILES string of the molecule is CCC1CCCC(C(Cc2ccc(F)c(F)c2)NC)C1. The van der Waals surface area contributed by atoms with Crippen LogP contribution in [0.25, 0.3) is 0 Å². The van der Waals surface area contributed by atoms with Crippen molar-refractivity contribution in [2.75, 3.05) is 7.05 Å². The van der Waals surface area contributed by atoms with E-state index in [4.69, 9.17) is 0 Å². The molecule has 1 saturated carbocycles. The minimum Gasteiger partial charge on any atom is -0.316 e. The van der Waals surface area contributed by atoms with Crippen molar-refractivity contribution in [3.63, 3.8) is 0 Å². The third-order valence-electron chi connectivity index (χ3n) is 4.78. The number of hydrogen-bond acceptors (Lipinski definition) is 1. The zero-order valence-corrected chi connectivity index (χ0v) is 12.5. The van der Waals surface area contributed by atoms with Crippen LogP contribution in [-0.4, -0.2) is 13.1 Å². The van der Waals surface area contributed by atoms with Gasteiger partial charge in [0.05, 0.1) is 0 Å². The molecule has 3 atom stereocenters. The van der Waals surface area contributed by atoms with Crippen molar-refractivity contribution in [3.8, 4) is 0 Å². The van der Waals surface area contributed by atoms with E-state index >= 15 is 0 Å². The first-order chi connectivity index (χ1) is 9.63. The second kappa shape index (κ2) is 7.16. The van der Waals surface area contributed by atoms with Crippen molar-refractivity contribution < 1.29 is 8.78 Å². The molecular formula is C17H25F2N. The molecule has 0 spiro atoms. The first-order valence-electron chi connectivity index (χ1n) is 7.75. The van der Waals surface area contributed by atoms with Crippen LogP contribution in [0, 0.1) is 23.5 Å². The number of likely N-dealkylation sites (N-methyl/N-ethyl adjacent to an activating group) is 1. The molecule has 0 bridgehead atoms. The predicted octanol–water partition coefficient (Wildman–Crippen LogP) is 4.31. The van der Waals surface area contributed by atoms with Crippen LogP contribution in [0.2, 0.25) is 0 Å². The van der Waals surface area contributed by atoms with Gasteiger partial charge in [-0.3, -0.25) is 0 Å². The lowest BCUT2D eigenvalue weighted by Crippen LogP contribution is -2.38. The van der Waals surface area contributed by atoms with E-state index in [1.165, 1.54) is 44.2 Å². The minimum absolute atomic E-state index is 0.356. The molecule has 1 aromatic rings. The molecular weight excluding hydrogens is 256 g/mol. The summed E-state index contributed by atoms with van der Waals surface area (Å²) in [7, 11) is 1.97. The van der Waals surface area contributed by atoms with Crippen LogP contribution in [0.5, 0.6) is 0 Å². The summed E-state index contributed by atoms with van der Waals surface area (Å²) in [6.45, 7) is 2.26. The minimum atomic E-state index is -0.765. The van der Waals surface area contributed by atoms with Gasteiger partial charge >= 0.3 is 0 Å². The first-order valence-corrected chi connectivity index (χ1v) is 7.75. The maximum Gasteiger partial charge on any atom is 0.159 e. The van der Waals surface area contributed by atoms with Crippen LogP contribution >= 0.6 is 0 Å². The molecule has 0 amide bonds. The van der Waals surface area contributed by atoms with Crippen molar-refractivity contribution in [1.82, 2.24) is 5.32 Å². The lowest BCUT2D eigenvalue weighted by atomic mass is 9.75. The second-order valence-electron chi connectivity index (χ2n) is 6.05. The predicted molar refractivity (Wildman–Crippen MR) is 78.6 cm³/mol. The monoisotopic (exact) mass is 281 g/mol. The highest BCUT2D eigenvalue weighted by Gasteiger charge is 2.27. The normalized spacial score (nSPS) is 24.6. The van der Waals surface area contributed by atoms with Gasteiger partial charge in [-0.25, -0.2) is 8.78 Å². The van der Waals surface area contributed by atoms with Crippen LogP contribution in [0.1, 0.15) is 44.6 Å². The lowest BCUT2D eigenvalue weighted by Gasteiger charge is -2.34. The third-order valence-corrected chi connectivity index (χ3v) is 4.78. The summed E-state index contributed by atoms with van der Waals surface area (Å²) >= 11 is 0. The molecule has 1 N–H and O–H groups in total. The van der Waals surface area contributed by atoms with Gasteiger partial charge in [-0.2, -0.15) is 0 Å². The van der Waals surface area contributed by atoms with Crippen LogP contribution in [0.15, 0.2) is 18.2 Å². The van der Waals surface area contributed by atoms with E-state index < -0.39 is 11.6 Å². The standard InChI is InChI=1S/C17H25F2N/c1-3-12-5-4-6-14(9-12)17(20-2)11-13-7-8-15(18)16(19)10-13/h7-8,10,12,14,17,20H,3-6,9,11H2,1-2H3. The summed E-state index contributed by atoms with van der Waals surface area (Å²) < 4.78 is 26.3. The average molecular weight is 281 g/mol. The van der Waals surface area contributed by atoms with Gasteiger partial charge in [-0.1, -0.05) is 32.3 Å². The van der Waals surface area contributed by atoms with Crippen LogP contribution in [0.4, 0.5) is 8.78 Å². The highest BCUT2D eigenvalue weighted by molar-refractivity contribution is 5.19. The van der Waals surface area contributed by atoms with Crippen molar-refractivity contribution in [2.24, 2.45) is 11.8 Å². The summed E-state index contributed by atoms with van der Waals surface area (Å²) in [5.41, 5.74) is 0.877. The van der Waals surface area contributed by atoms with Gasteiger partial charge in [-0.05, 0) is 55.8 Å². The van der Waals surface area contributed by atoms with E-state index in [0.29, 0.717) is 12.0 Å². The van der Waals surface area contributed by atoms with Crippen molar-refractivity contribution in [1.29, 1.82) is 0 Å². The largest absolute Gasteiger partial charge is 0.316 e. The zero-order valence-electron chi connectivity index (χ0n) is 12.5. The van der Waals surface area contributed by atoms with Gasteiger partial charge in [0.25, 0.3) is 0 Å². The Labute approximate surface area is 120 Å². The van der Waals surface area contributed by atoms with Gasteiger partial charge in [0, 0.05) is 6.04 Å². The fourth-order valence-electron chi connectivity index (χ4n) is 3.49. The smallest absolute Gasteiger partial charge is 0.159 e. The summed E-state index contributed by atoms with van der Waals surface area (Å²) in [4.78, 5) is 0. The maximum absolute atomic E-state index is 13.3. The van der Waals surface area contributed by atoms with Gasteiger partial charge in [0.15, 0.2) is 11.6 Å². The first kappa shape index (κ1) is 15.4. The Hall–Kier alpha value is -0.960.